The van der Waals surface area contributed by atoms with Gasteiger partial charge < -0.3 is 28.4 Å². The fourth-order valence-corrected chi connectivity index (χ4v) is 2.84. The quantitative estimate of drug-likeness (QED) is 0.372. The first-order chi connectivity index (χ1) is 13.1. The van der Waals surface area contributed by atoms with Crippen molar-refractivity contribution in [2.24, 2.45) is 0 Å². The van der Waals surface area contributed by atoms with Gasteiger partial charge in [-0.25, -0.2) is 19.2 Å². The Kier molecular flexibility index (Phi) is 6.32. The molecular formula is C18H22O10. The molecule has 2 saturated heterocycles. The minimum atomic E-state index is -1.67. The number of esters is 2. The van der Waals surface area contributed by atoms with E-state index in [-0.39, 0.29) is 30.8 Å². The average molecular weight is 398 g/mol. The Labute approximate surface area is 161 Å². The molecule has 2 aliphatic rings. The molecule has 2 heterocycles. The molecule has 4 atom stereocenters. The molecule has 0 radical (unpaired) electrons. The van der Waals surface area contributed by atoms with Gasteiger partial charge in [-0.2, -0.15) is 0 Å². The summed E-state index contributed by atoms with van der Waals surface area (Å²) in [5.74, 6) is -1.50. The van der Waals surface area contributed by atoms with Gasteiger partial charge >= 0.3 is 24.2 Å². The SMILES string of the molecule is C=C(C)C(=O)OC1COC(=O)OC1C1(CC)OC(=O)OCC1OC(=O)C(=C)C. The maximum Gasteiger partial charge on any atom is 0.509 e. The van der Waals surface area contributed by atoms with Crippen LogP contribution in [-0.2, 0) is 38.0 Å². The van der Waals surface area contributed by atoms with Gasteiger partial charge in [0.05, 0.1) is 0 Å². The highest BCUT2D eigenvalue weighted by Crippen LogP contribution is 2.38. The third-order valence-corrected chi connectivity index (χ3v) is 4.34. The zero-order valence-electron chi connectivity index (χ0n) is 15.9. The molecule has 0 spiro atoms. The fourth-order valence-electron chi connectivity index (χ4n) is 2.84. The van der Waals surface area contributed by atoms with Gasteiger partial charge in [0.1, 0.15) is 13.2 Å². The minimum absolute atomic E-state index is 0.0509. The van der Waals surface area contributed by atoms with Crippen LogP contribution in [0.2, 0.25) is 0 Å². The summed E-state index contributed by atoms with van der Waals surface area (Å²) in [6, 6.07) is 0. The second kappa shape index (κ2) is 8.32. The summed E-state index contributed by atoms with van der Waals surface area (Å²) in [5, 5.41) is 0. The number of hydrogen-bond acceptors (Lipinski definition) is 10. The number of cyclic esters (lactones) is 4. The number of hydrogen-bond donors (Lipinski definition) is 0. The van der Waals surface area contributed by atoms with Gasteiger partial charge in [0.25, 0.3) is 0 Å². The highest BCUT2D eigenvalue weighted by Gasteiger charge is 2.60. The van der Waals surface area contributed by atoms with Crippen molar-refractivity contribution in [3.05, 3.63) is 24.3 Å². The molecule has 2 aliphatic heterocycles. The number of carbonyl (C=O) groups excluding carboxylic acids is 4. The molecule has 10 heteroatoms. The lowest BCUT2D eigenvalue weighted by Gasteiger charge is -2.47. The first-order valence-electron chi connectivity index (χ1n) is 8.52. The molecule has 2 fully saturated rings. The summed E-state index contributed by atoms with van der Waals surface area (Å²) in [7, 11) is 0. The molecule has 2 rings (SSSR count). The van der Waals surface area contributed by atoms with Crippen LogP contribution in [0.4, 0.5) is 9.59 Å². The van der Waals surface area contributed by atoms with Crippen molar-refractivity contribution >= 4 is 24.2 Å². The molecule has 0 amide bonds. The van der Waals surface area contributed by atoms with Gasteiger partial charge in [0.2, 0.25) is 0 Å². The second-order valence-corrected chi connectivity index (χ2v) is 6.47. The van der Waals surface area contributed by atoms with Crippen molar-refractivity contribution in [2.45, 2.75) is 51.1 Å². The van der Waals surface area contributed by atoms with Crippen LogP contribution in [0.1, 0.15) is 27.2 Å². The third kappa shape index (κ3) is 4.26. The van der Waals surface area contributed by atoms with E-state index in [1.807, 2.05) is 0 Å². The highest BCUT2D eigenvalue weighted by molar-refractivity contribution is 5.87. The van der Waals surface area contributed by atoms with Crippen molar-refractivity contribution in [3.63, 3.8) is 0 Å². The van der Waals surface area contributed by atoms with Crippen LogP contribution < -0.4 is 0 Å². The molecule has 0 aliphatic carbocycles. The van der Waals surface area contributed by atoms with E-state index in [9.17, 15) is 19.2 Å². The monoisotopic (exact) mass is 398 g/mol. The van der Waals surface area contributed by atoms with E-state index in [1.54, 1.807) is 6.92 Å². The molecule has 4 unspecified atom stereocenters. The molecule has 0 saturated carbocycles. The summed E-state index contributed by atoms with van der Waals surface area (Å²) >= 11 is 0. The van der Waals surface area contributed by atoms with Crippen LogP contribution in [0.5, 0.6) is 0 Å². The van der Waals surface area contributed by atoms with E-state index < -0.39 is 48.2 Å². The number of rotatable bonds is 6. The first-order valence-corrected chi connectivity index (χ1v) is 8.52. The lowest BCUT2D eigenvalue weighted by molar-refractivity contribution is -0.249. The van der Waals surface area contributed by atoms with E-state index in [2.05, 4.69) is 13.2 Å². The fraction of sp³-hybridized carbons (Fsp3) is 0.556. The summed E-state index contributed by atoms with van der Waals surface area (Å²) in [5.41, 5.74) is -1.45. The van der Waals surface area contributed by atoms with Gasteiger partial charge in [0.15, 0.2) is 23.9 Å². The first kappa shape index (κ1) is 21.3. The summed E-state index contributed by atoms with van der Waals surface area (Å²) in [4.78, 5) is 47.7. The van der Waals surface area contributed by atoms with Gasteiger partial charge in [-0.3, -0.25) is 0 Å². The third-order valence-electron chi connectivity index (χ3n) is 4.34. The van der Waals surface area contributed by atoms with E-state index >= 15 is 0 Å². The lowest BCUT2D eigenvalue weighted by Crippen LogP contribution is -2.67. The van der Waals surface area contributed by atoms with Gasteiger partial charge in [-0.1, -0.05) is 20.1 Å². The van der Waals surface area contributed by atoms with Crippen LogP contribution >= 0.6 is 0 Å². The Morgan fingerprint density at radius 2 is 1.61 bits per heavy atom. The van der Waals surface area contributed by atoms with E-state index in [0.29, 0.717) is 0 Å². The number of carbonyl (C=O) groups is 4. The molecular weight excluding hydrogens is 376 g/mol. The Bertz CT molecular complexity index is 711. The predicted molar refractivity (Wildman–Crippen MR) is 91.1 cm³/mol. The van der Waals surface area contributed by atoms with E-state index in [0.717, 1.165) is 0 Å². The minimum Gasteiger partial charge on any atom is -0.451 e. The summed E-state index contributed by atoms with van der Waals surface area (Å²) in [6.07, 6.45) is -5.64. The van der Waals surface area contributed by atoms with Gasteiger partial charge in [-0.15, -0.1) is 0 Å². The lowest BCUT2D eigenvalue weighted by atomic mass is 9.83. The van der Waals surface area contributed by atoms with Crippen LogP contribution in [-0.4, -0.2) is 61.4 Å². The Hall–Kier alpha value is -3.04. The van der Waals surface area contributed by atoms with E-state index in [4.69, 9.17) is 28.4 Å². The second-order valence-electron chi connectivity index (χ2n) is 6.47. The Balaban J connectivity index is 2.41. The zero-order chi connectivity index (χ0) is 21.1. The zero-order valence-corrected chi connectivity index (χ0v) is 15.9. The van der Waals surface area contributed by atoms with Crippen LogP contribution in [0.3, 0.4) is 0 Å². The van der Waals surface area contributed by atoms with Crippen molar-refractivity contribution in [3.8, 4) is 0 Å². The summed E-state index contributed by atoms with van der Waals surface area (Å²) < 4.78 is 30.9. The predicted octanol–water partition coefficient (Wildman–Crippen LogP) is 1.81. The van der Waals surface area contributed by atoms with Crippen molar-refractivity contribution in [1.29, 1.82) is 0 Å². The Morgan fingerprint density at radius 3 is 2.18 bits per heavy atom. The van der Waals surface area contributed by atoms with Gasteiger partial charge in [0, 0.05) is 11.1 Å². The van der Waals surface area contributed by atoms with Crippen LogP contribution in [0.15, 0.2) is 24.3 Å². The number of ether oxygens (including phenoxy) is 6. The molecule has 28 heavy (non-hydrogen) atoms. The summed E-state index contributed by atoms with van der Waals surface area (Å²) in [6.45, 7) is 10.8. The van der Waals surface area contributed by atoms with Gasteiger partial charge in [-0.05, 0) is 20.3 Å². The maximum absolute atomic E-state index is 12.0. The van der Waals surface area contributed by atoms with Crippen molar-refractivity contribution < 1.29 is 47.6 Å². The molecule has 0 bridgehead atoms. The Morgan fingerprint density at radius 1 is 1.04 bits per heavy atom. The van der Waals surface area contributed by atoms with Crippen LogP contribution in [0, 0.1) is 0 Å². The maximum atomic E-state index is 12.0. The highest BCUT2D eigenvalue weighted by atomic mass is 16.8. The molecule has 0 N–H and O–H groups in total. The topological polar surface area (TPSA) is 124 Å². The smallest absolute Gasteiger partial charge is 0.451 e. The molecule has 154 valence electrons. The van der Waals surface area contributed by atoms with Crippen LogP contribution in [0.25, 0.3) is 0 Å². The average Bonchev–Trinajstić information content (AvgIpc) is 2.64. The molecule has 10 nitrogen and oxygen atoms in total. The molecule has 0 aromatic heterocycles. The normalized spacial score (nSPS) is 29.3. The van der Waals surface area contributed by atoms with Crippen molar-refractivity contribution in [1.82, 2.24) is 0 Å². The van der Waals surface area contributed by atoms with E-state index in [1.165, 1.54) is 13.8 Å². The standard InChI is InChI=1S/C18H22O10/c1-6-18(12(8-24-17(22)28-18)26-15(20)10(4)5)13-11(7-23-16(21)27-13)25-14(19)9(2)3/h11-13H,2,4,6-8H2,1,3,5H3. The molecule has 0 aromatic rings. The molecule has 0 aromatic carbocycles. The van der Waals surface area contributed by atoms with Crippen molar-refractivity contribution in [2.75, 3.05) is 13.2 Å². The largest absolute Gasteiger partial charge is 0.509 e.